The van der Waals surface area contributed by atoms with Gasteiger partial charge in [0, 0.05) is 33.0 Å². The van der Waals surface area contributed by atoms with Crippen LogP contribution in [0.1, 0.15) is 23.5 Å². The molecule has 0 spiro atoms. The van der Waals surface area contributed by atoms with E-state index in [1.165, 1.54) is 12.1 Å². The molecule has 1 fully saturated rings. The van der Waals surface area contributed by atoms with Crippen molar-refractivity contribution in [3.63, 3.8) is 0 Å². The second-order valence-corrected chi connectivity index (χ2v) is 16.9. The van der Waals surface area contributed by atoms with Crippen molar-refractivity contribution < 1.29 is 28.1 Å². The Balaban J connectivity index is 1.50. The van der Waals surface area contributed by atoms with Gasteiger partial charge in [-0.25, -0.2) is 9.18 Å². The first-order chi connectivity index (χ1) is 18.7. The minimum absolute atomic E-state index is 0.0366. The second kappa shape index (κ2) is 13.4. The predicted molar refractivity (Wildman–Crippen MR) is 155 cm³/mol. The molecular weight excluding hydrogens is 513 g/mol. The molecule has 1 aliphatic rings. The van der Waals surface area contributed by atoms with Crippen LogP contribution in [0.2, 0.25) is 25.7 Å². The van der Waals surface area contributed by atoms with E-state index in [4.69, 9.17) is 18.9 Å². The van der Waals surface area contributed by atoms with Crippen molar-refractivity contribution in [3.05, 3.63) is 77.6 Å². The van der Waals surface area contributed by atoms with Crippen LogP contribution in [0.15, 0.2) is 60.7 Å². The van der Waals surface area contributed by atoms with Crippen LogP contribution < -0.4 is 4.74 Å². The Morgan fingerprint density at radius 1 is 1.03 bits per heavy atom. The fourth-order valence-corrected chi connectivity index (χ4v) is 5.57. The summed E-state index contributed by atoms with van der Waals surface area (Å²) in [5, 5.41) is 2.10. The number of rotatable bonds is 11. The molecule has 8 heteroatoms. The zero-order valence-corrected chi connectivity index (χ0v) is 24.5. The van der Waals surface area contributed by atoms with E-state index < -0.39 is 8.07 Å². The minimum atomic E-state index is -1.30. The Morgan fingerprint density at radius 2 is 1.79 bits per heavy atom. The molecule has 0 radical (unpaired) electrons. The number of hydrogen-bond donors (Lipinski definition) is 0. The zero-order valence-electron chi connectivity index (χ0n) is 23.5. The highest BCUT2D eigenvalue weighted by Gasteiger charge is 2.34. The highest BCUT2D eigenvalue weighted by atomic mass is 28.3. The van der Waals surface area contributed by atoms with Crippen molar-refractivity contribution in [3.8, 4) is 5.75 Å². The summed E-state index contributed by atoms with van der Waals surface area (Å²) in [5.74, 6) is 0.557. The lowest BCUT2D eigenvalue weighted by Crippen LogP contribution is -2.47. The summed E-state index contributed by atoms with van der Waals surface area (Å²) >= 11 is 0. The van der Waals surface area contributed by atoms with Crippen LogP contribution in [0.4, 0.5) is 9.18 Å². The van der Waals surface area contributed by atoms with Gasteiger partial charge in [0.15, 0.2) is 0 Å². The number of ether oxygens (including phenoxy) is 4. The van der Waals surface area contributed by atoms with Gasteiger partial charge in [-0.3, -0.25) is 0 Å². The van der Waals surface area contributed by atoms with Gasteiger partial charge in [-0.2, -0.15) is 0 Å². The molecule has 4 rings (SSSR count). The Hall–Kier alpha value is -2.94. The van der Waals surface area contributed by atoms with Crippen molar-refractivity contribution in [2.24, 2.45) is 0 Å². The van der Waals surface area contributed by atoms with Crippen LogP contribution in [0.5, 0.6) is 5.75 Å². The lowest BCUT2D eigenvalue weighted by atomic mass is 9.87. The van der Waals surface area contributed by atoms with E-state index in [1.54, 1.807) is 12.0 Å². The Bertz CT molecular complexity index is 1230. The normalized spacial score (nSPS) is 17.8. The van der Waals surface area contributed by atoms with E-state index >= 15 is 0 Å². The highest BCUT2D eigenvalue weighted by molar-refractivity contribution is 6.76. The van der Waals surface area contributed by atoms with E-state index in [2.05, 4.69) is 31.8 Å². The average molecular weight is 554 g/mol. The number of nitrogens with zero attached hydrogens (tertiary/aromatic N) is 1. The van der Waals surface area contributed by atoms with Gasteiger partial charge in [-0.05, 0) is 53.2 Å². The molecular formula is C31H40FNO5Si. The molecule has 210 valence electrons. The van der Waals surface area contributed by atoms with Crippen LogP contribution in [0, 0.1) is 5.82 Å². The number of amides is 1. The number of piperidine rings is 1. The van der Waals surface area contributed by atoms with Crippen molar-refractivity contribution in [1.29, 1.82) is 0 Å². The minimum Gasteiger partial charge on any atom is -0.491 e. The van der Waals surface area contributed by atoms with Crippen LogP contribution in [0.25, 0.3) is 10.8 Å². The maximum Gasteiger partial charge on any atom is 0.409 e. The quantitative estimate of drug-likeness (QED) is 0.192. The lowest BCUT2D eigenvalue weighted by Gasteiger charge is -2.38. The first kappa shape index (κ1) is 29.0. The molecule has 2 atom stereocenters. The summed E-state index contributed by atoms with van der Waals surface area (Å²) in [6.45, 7) is 9.53. The average Bonchev–Trinajstić information content (AvgIpc) is 2.91. The van der Waals surface area contributed by atoms with Gasteiger partial charge in [-0.15, -0.1) is 0 Å². The number of hydrogen-bond acceptors (Lipinski definition) is 5. The topological polar surface area (TPSA) is 57.2 Å². The SMILES string of the molecule is COCCOc1cc(COC2CN(C(=O)OCC[Si](C)(C)C)CCC2c2ccc(F)cc2)cc2ccccc12. The number of fused-ring (bicyclic) bond motifs is 1. The van der Waals surface area contributed by atoms with Crippen molar-refractivity contribution >= 4 is 24.9 Å². The van der Waals surface area contributed by atoms with Crippen molar-refractivity contribution in [2.45, 2.75) is 50.7 Å². The molecule has 1 aliphatic heterocycles. The fourth-order valence-electron chi connectivity index (χ4n) is 4.85. The third kappa shape index (κ3) is 8.27. The molecule has 3 aromatic rings. The van der Waals surface area contributed by atoms with Crippen molar-refractivity contribution in [1.82, 2.24) is 4.90 Å². The molecule has 1 saturated heterocycles. The molecule has 0 aliphatic carbocycles. The molecule has 0 aromatic heterocycles. The number of carbonyl (C=O) groups excluding carboxylic acids is 1. The van der Waals surface area contributed by atoms with E-state index in [0.29, 0.717) is 45.9 Å². The molecule has 39 heavy (non-hydrogen) atoms. The third-order valence-electron chi connectivity index (χ3n) is 7.09. The summed E-state index contributed by atoms with van der Waals surface area (Å²) in [4.78, 5) is 14.6. The Kier molecular flexibility index (Phi) is 9.99. The summed E-state index contributed by atoms with van der Waals surface area (Å²) in [6, 6.07) is 19.7. The molecule has 6 nitrogen and oxygen atoms in total. The predicted octanol–water partition coefficient (Wildman–Crippen LogP) is 6.85. The van der Waals surface area contributed by atoms with Gasteiger partial charge in [0.1, 0.15) is 18.2 Å². The maximum atomic E-state index is 13.6. The van der Waals surface area contributed by atoms with Gasteiger partial charge in [0.05, 0.1) is 32.5 Å². The fraction of sp³-hybridized carbons (Fsp3) is 0.452. The van der Waals surface area contributed by atoms with Gasteiger partial charge in [0.25, 0.3) is 0 Å². The number of likely N-dealkylation sites (tertiary alicyclic amines) is 1. The van der Waals surface area contributed by atoms with Crippen LogP contribution in [-0.2, 0) is 20.8 Å². The van der Waals surface area contributed by atoms with Gasteiger partial charge in [0.2, 0.25) is 0 Å². The van der Waals surface area contributed by atoms with Crippen LogP contribution in [0.3, 0.4) is 0 Å². The first-order valence-corrected chi connectivity index (χ1v) is 17.4. The van der Waals surface area contributed by atoms with Crippen molar-refractivity contribution in [2.75, 3.05) is 40.0 Å². The molecule has 1 heterocycles. The molecule has 2 unspecified atom stereocenters. The molecule has 0 N–H and O–H groups in total. The van der Waals surface area contributed by atoms with Gasteiger partial charge in [-0.1, -0.05) is 56.0 Å². The maximum absolute atomic E-state index is 13.6. The first-order valence-electron chi connectivity index (χ1n) is 13.7. The Morgan fingerprint density at radius 3 is 2.54 bits per heavy atom. The largest absolute Gasteiger partial charge is 0.491 e. The van der Waals surface area contributed by atoms with E-state index in [1.807, 2.05) is 36.4 Å². The summed E-state index contributed by atoms with van der Waals surface area (Å²) in [7, 11) is 0.351. The number of methoxy groups -OCH3 is 1. The zero-order chi connectivity index (χ0) is 27.8. The van der Waals surface area contributed by atoms with E-state index in [-0.39, 0.29) is 23.9 Å². The Labute approximate surface area is 232 Å². The molecule has 3 aromatic carbocycles. The second-order valence-electron chi connectivity index (χ2n) is 11.3. The number of carbonyl (C=O) groups is 1. The summed E-state index contributed by atoms with van der Waals surface area (Å²) in [6.07, 6.45) is 0.153. The standard InChI is InChI=1S/C31H40FNO5Si/c1-35-15-16-36-29-20-23(19-25-7-5-6-8-27(25)29)22-38-30-21-33(31(34)37-17-18-39(2,3)4)14-13-28(30)24-9-11-26(32)12-10-24/h5-12,19-20,28,30H,13-18,21-22H2,1-4H3. The summed E-state index contributed by atoms with van der Waals surface area (Å²) in [5.41, 5.74) is 1.99. The molecule has 0 bridgehead atoms. The monoisotopic (exact) mass is 553 g/mol. The van der Waals surface area contributed by atoms with Crippen LogP contribution >= 0.6 is 0 Å². The van der Waals surface area contributed by atoms with Gasteiger partial charge >= 0.3 is 6.09 Å². The number of benzene rings is 3. The molecule has 1 amide bonds. The van der Waals surface area contributed by atoms with Crippen LogP contribution in [-0.4, -0.2) is 65.2 Å². The highest BCUT2D eigenvalue weighted by Crippen LogP contribution is 2.33. The van der Waals surface area contributed by atoms with Gasteiger partial charge < -0.3 is 23.8 Å². The third-order valence-corrected chi connectivity index (χ3v) is 8.79. The van der Waals surface area contributed by atoms with E-state index in [9.17, 15) is 9.18 Å². The summed E-state index contributed by atoms with van der Waals surface area (Å²) < 4.78 is 37.0. The smallest absolute Gasteiger partial charge is 0.409 e. The van der Waals surface area contributed by atoms with E-state index in [0.717, 1.165) is 33.7 Å². The molecule has 0 saturated carbocycles. The lowest BCUT2D eigenvalue weighted by molar-refractivity contribution is -0.0234. The number of halogens is 1.